The third-order valence-electron chi connectivity index (χ3n) is 8.84. The molecule has 0 saturated carbocycles. The summed E-state index contributed by atoms with van der Waals surface area (Å²) in [7, 11) is 0. The summed E-state index contributed by atoms with van der Waals surface area (Å²) in [5.41, 5.74) is 4.90. The minimum atomic E-state index is -0.425. The topological polar surface area (TPSA) is 48.5 Å². The zero-order valence-corrected chi connectivity index (χ0v) is 24.3. The Morgan fingerprint density at radius 2 is 1.15 bits per heavy atom. The van der Waals surface area contributed by atoms with Gasteiger partial charge in [-0.15, -0.1) is 0 Å². The first-order chi connectivity index (χ1) is 24.9. The largest absolute Gasteiger partial charge is 0.309 e. The van der Waals surface area contributed by atoms with Crippen molar-refractivity contribution < 1.29 is 6.85 Å². The van der Waals surface area contributed by atoms with Gasteiger partial charge in [-0.25, -0.2) is 15.0 Å². The van der Waals surface area contributed by atoms with Crippen molar-refractivity contribution in [3.05, 3.63) is 152 Å². The Labute approximate surface area is 270 Å². The van der Waals surface area contributed by atoms with Crippen LogP contribution < -0.4 is 0 Å². The van der Waals surface area contributed by atoms with Crippen LogP contribution in [0.1, 0.15) is 6.85 Å². The summed E-state index contributed by atoms with van der Waals surface area (Å²) in [4.78, 5) is 14.9. The molecule has 46 heavy (non-hydrogen) atoms. The molecule has 0 radical (unpaired) electrons. The number of pyridine rings is 1. The fourth-order valence-corrected chi connectivity index (χ4v) is 6.84. The van der Waals surface area contributed by atoms with E-state index in [0.29, 0.717) is 22.8 Å². The molecule has 0 aliphatic carbocycles. The fraction of sp³-hybridized carbons (Fsp3) is 0. The van der Waals surface area contributed by atoms with E-state index in [0.717, 1.165) is 54.4 Å². The van der Waals surface area contributed by atoms with Crippen molar-refractivity contribution in [1.29, 1.82) is 0 Å². The molecule has 4 aromatic heterocycles. The molecule has 10 aromatic rings. The number of fused-ring (bicyclic) bond motifs is 8. The molecule has 0 aliphatic heterocycles. The van der Waals surface area contributed by atoms with Crippen molar-refractivity contribution in [2.24, 2.45) is 0 Å². The molecule has 0 N–H and O–H groups in total. The minimum Gasteiger partial charge on any atom is -0.309 e. The molecule has 0 saturated heterocycles. The van der Waals surface area contributed by atoms with Gasteiger partial charge in [-0.05, 0) is 77.5 Å². The van der Waals surface area contributed by atoms with Crippen LogP contribution in [0.4, 0.5) is 0 Å². The molecule has 0 spiro atoms. The first kappa shape index (κ1) is 20.6. The summed E-state index contributed by atoms with van der Waals surface area (Å²) in [6.45, 7) is 0. The molecular weight excluding hydrogens is 562 g/mol. The van der Waals surface area contributed by atoms with E-state index >= 15 is 0 Å². The number of hydrogen-bond acceptors (Lipinski definition) is 3. The van der Waals surface area contributed by atoms with Crippen LogP contribution in [0.3, 0.4) is 0 Å². The van der Waals surface area contributed by atoms with Crippen molar-refractivity contribution in [1.82, 2.24) is 24.1 Å². The van der Waals surface area contributed by atoms with Gasteiger partial charge in [0.25, 0.3) is 0 Å². The van der Waals surface area contributed by atoms with Crippen molar-refractivity contribution >= 4 is 65.4 Å². The van der Waals surface area contributed by atoms with Gasteiger partial charge in [-0.3, -0.25) is 4.57 Å². The molecule has 0 aliphatic rings. The van der Waals surface area contributed by atoms with Crippen LogP contribution in [-0.2, 0) is 0 Å². The molecule has 0 amide bonds. The Kier molecular flexibility index (Phi) is 4.29. The zero-order chi connectivity index (χ0) is 34.5. The van der Waals surface area contributed by atoms with Gasteiger partial charge in [0.15, 0.2) is 17.3 Å². The van der Waals surface area contributed by atoms with Gasteiger partial charge in [0.05, 0.1) is 34.3 Å². The highest BCUT2D eigenvalue weighted by atomic mass is 15.1. The fourth-order valence-electron chi connectivity index (χ4n) is 6.84. The van der Waals surface area contributed by atoms with Gasteiger partial charge in [-0.2, -0.15) is 0 Å². The lowest BCUT2D eigenvalue weighted by molar-refractivity contribution is 1.07. The molecule has 4 heterocycles. The van der Waals surface area contributed by atoms with Crippen LogP contribution in [0.5, 0.6) is 0 Å². The second-order valence-corrected chi connectivity index (χ2v) is 11.4. The lowest BCUT2D eigenvalue weighted by Crippen LogP contribution is -2.03. The van der Waals surface area contributed by atoms with Gasteiger partial charge >= 0.3 is 0 Å². The monoisotopic (exact) mass is 592 g/mol. The highest BCUT2D eigenvalue weighted by molar-refractivity contribution is 6.14. The van der Waals surface area contributed by atoms with Crippen LogP contribution >= 0.6 is 0 Å². The van der Waals surface area contributed by atoms with Gasteiger partial charge < -0.3 is 4.57 Å². The van der Waals surface area contributed by atoms with Gasteiger partial charge in [0, 0.05) is 39.0 Å². The van der Waals surface area contributed by atoms with E-state index in [2.05, 4.69) is 58.1 Å². The van der Waals surface area contributed by atoms with E-state index in [9.17, 15) is 0 Å². The third kappa shape index (κ3) is 3.60. The number of benzene rings is 6. The standard InChI is InChI=1S/C41H25N5/c1-2-13-29(14-3-1)45-35-18-8-6-15-30(35)33-24-28(20-21-37(33)45)39-43-40-32(17-10-22-42-40)41(44-39)46-36-19-9-7-16-31(36)34-23-26-11-4-5-12-27(26)25-38(34)46/h1-25H/i1D,2D,3D,13D,14D. The zero-order valence-electron chi connectivity index (χ0n) is 29.3. The second-order valence-electron chi connectivity index (χ2n) is 11.4. The van der Waals surface area contributed by atoms with Crippen molar-refractivity contribution in [3.63, 3.8) is 0 Å². The Morgan fingerprint density at radius 3 is 1.96 bits per heavy atom. The van der Waals surface area contributed by atoms with E-state index in [4.69, 9.17) is 16.8 Å². The predicted octanol–water partition coefficient (Wildman–Crippen LogP) is 10.0. The van der Waals surface area contributed by atoms with E-state index in [1.165, 1.54) is 5.39 Å². The van der Waals surface area contributed by atoms with Crippen LogP contribution in [0, 0.1) is 0 Å². The molecule has 5 nitrogen and oxygen atoms in total. The first-order valence-corrected chi connectivity index (χ1v) is 15.0. The average Bonchev–Trinajstić information content (AvgIpc) is 3.67. The van der Waals surface area contributed by atoms with E-state index in [-0.39, 0.29) is 29.9 Å². The van der Waals surface area contributed by atoms with Gasteiger partial charge in [-0.1, -0.05) is 78.8 Å². The molecule has 0 unspecified atom stereocenters. The summed E-state index contributed by atoms with van der Waals surface area (Å²) in [6.07, 6.45) is 1.74. The second kappa shape index (κ2) is 9.58. The van der Waals surface area contributed by atoms with Crippen LogP contribution in [-0.4, -0.2) is 24.1 Å². The molecule has 214 valence electrons. The number of nitrogens with zero attached hydrogens (tertiary/aromatic N) is 5. The van der Waals surface area contributed by atoms with Crippen molar-refractivity contribution in [3.8, 4) is 22.9 Å². The SMILES string of the molecule is [2H]c1c([2H])c([2H])c(-n2c3ccccc3c3cc(-c4nc(-n5c6ccccc6c6cc7ccccc7cc65)c5cccnc5n4)ccc32)c([2H])c1[2H]. The molecule has 0 fully saturated rings. The number of hydrogen-bond donors (Lipinski definition) is 0. The lowest BCUT2D eigenvalue weighted by Gasteiger charge is -2.12. The van der Waals surface area contributed by atoms with E-state index < -0.39 is 6.04 Å². The summed E-state index contributed by atoms with van der Waals surface area (Å²) >= 11 is 0. The number of rotatable bonds is 3. The Morgan fingerprint density at radius 1 is 0.500 bits per heavy atom. The number of para-hydroxylation sites is 3. The van der Waals surface area contributed by atoms with E-state index in [1.54, 1.807) is 10.8 Å². The summed E-state index contributed by atoms with van der Waals surface area (Å²) in [5, 5.41) is 7.07. The average molecular weight is 593 g/mol. The maximum atomic E-state index is 8.74. The third-order valence-corrected chi connectivity index (χ3v) is 8.84. The molecule has 0 atom stereocenters. The smallest absolute Gasteiger partial charge is 0.165 e. The minimum absolute atomic E-state index is 0.104. The highest BCUT2D eigenvalue weighted by Gasteiger charge is 2.20. The molecular formula is C41H25N5. The molecule has 10 rings (SSSR count). The predicted molar refractivity (Wildman–Crippen MR) is 189 cm³/mol. The van der Waals surface area contributed by atoms with Crippen molar-refractivity contribution in [2.45, 2.75) is 0 Å². The van der Waals surface area contributed by atoms with E-state index in [1.807, 2.05) is 66.7 Å². The molecule has 5 heteroatoms. The molecule has 0 bridgehead atoms. The summed E-state index contributed by atoms with van der Waals surface area (Å²) in [6, 6.07) is 36.9. The summed E-state index contributed by atoms with van der Waals surface area (Å²) < 4.78 is 46.3. The molecule has 6 aromatic carbocycles. The maximum absolute atomic E-state index is 8.74. The lowest BCUT2D eigenvalue weighted by atomic mass is 10.1. The first-order valence-electron chi connectivity index (χ1n) is 17.5. The number of aromatic nitrogens is 5. The van der Waals surface area contributed by atoms with Crippen LogP contribution in [0.2, 0.25) is 0 Å². The van der Waals surface area contributed by atoms with Crippen LogP contribution in [0.15, 0.2) is 152 Å². The normalized spacial score (nSPS) is 13.4. The quantitative estimate of drug-likeness (QED) is 0.205. The van der Waals surface area contributed by atoms with Crippen LogP contribution in [0.25, 0.3) is 88.3 Å². The Hall–Kier alpha value is -6.33. The maximum Gasteiger partial charge on any atom is 0.165 e. The Balaban J connectivity index is 1.26. The summed E-state index contributed by atoms with van der Waals surface area (Å²) in [5.74, 6) is 1.20. The Bertz CT molecular complexity index is 3080. The van der Waals surface area contributed by atoms with Gasteiger partial charge in [0.2, 0.25) is 0 Å². The van der Waals surface area contributed by atoms with Crippen molar-refractivity contribution in [2.75, 3.05) is 0 Å². The van der Waals surface area contributed by atoms with Gasteiger partial charge in [0.1, 0.15) is 0 Å². The highest BCUT2D eigenvalue weighted by Crippen LogP contribution is 2.38.